The molecule has 1 aromatic heterocycles. The van der Waals surface area contributed by atoms with E-state index < -0.39 is 18.1 Å². The molecule has 6 nitrogen and oxygen atoms in total. The van der Waals surface area contributed by atoms with E-state index in [0.29, 0.717) is 0 Å². The van der Waals surface area contributed by atoms with E-state index in [-0.39, 0.29) is 18.9 Å². The van der Waals surface area contributed by atoms with E-state index in [0.717, 1.165) is 38.1 Å². The van der Waals surface area contributed by atoms with Crippen LogP contribution in [0.2, 0.25) is 0 Å². The number of carboxylic acid groups (broad SMARTS) is 1. The molecule has 1 amide bonds. The molecule has 0 bridgehead atoms. The zero-order valence-corrected chi connectivity index (χ0v) is 20.3. The lowest BCUT2D eigenvalue weighted by atomic mass is 9.98. The highest BCUT2D eigenvalue weighted by Crippen LogP contribution is 2.44. The summed E-state index contributed by atoms with van der Waals surface area (Å²) in [5, 5.41) is 12.3. The summed E-state index contributed by atoms with van der Waals surface area (Å²) in [6, 6.07) is 26.4. The first kappa shape index (κ1) is 22.9. The number of hydrogen-bond acceptors (Lipinski definition) is 3. The number of rotatable bonds is 7. The Bertz CT molecular complexity index is 1330. The van der Waals surface area contributed by atoms with Crippen molar-refractivity contribution in [2.24, 2.45) is 0 Å². The first-order valence-corrected chi connectivity index (χ1v) is 12.1. The van der Waals surface area contributed by atoms with Gasteiger partial charge in [0, 0.05) is 34.4 Å². The minimum atomic E-state index is -1.13. The molecule has 1 heterocycles. The fourth-order valence-electron chi connectivity index (χ4n) is 4.63. The molecule has 1 aliphatic rings. The molecule has 0 spiro atoms. The number of ether oxygens (including phenoxy) is 1. The molecule has 0 radical (unpaired) electrons. The summed E-state index contributed by atoms with van der Waals surface area (Å²) in [7, 11) is 0. The van der Waals surface area contributed by atoms with Crippen LogP contribution in [0.25, 0.3) is 16.8 Å². The molecule has 1 atom stereocenters. The van der Waals surface area contributed by atoms with Gasteiger partial charge in [0.15, 0.2) is 0 Å². The lowest BCUT2D eigenvalue weighted by molar-refractivity contribution is -0.139. The smallest absolute Gasteiger partial charge is 0.407 e. The van der Waals surface area contributed by atoms with E-state index in [4.69, 9.17) is 4.74 Å². The molecule has 4 aromatic rings. The number of fused-ring (bicyclic) bond motifs is 3. The van der Waals surface area contributed by atoms with E-state index in [9.17, 15) is 14.7 Å². The van der Waals surface area contributed by atoms with Crippen LogP contribution in [0.15, 0.2) is 95.6 Å². The van der Waals surface area contributed by atoms with Crippen LogP contribution in [0, 0.1) is 0 Å². The second-order valence-electron chi connectivity index (χ2n) is 8.41. The molecule has 0 saturated carbocycles. The summed E-state index contributed by atoms with van der Waals surface area (Å²) >= 11 is 3.42. The van der Waals surface area contributed by atoms with Gasteiger partial charge in [0.1, 0.15) is 12.6 Å². The minimum Gasteiger partial charge on any atom is -0.480 e. The fourth-order valence-corrected chi connectivity index (χ4v) is 4.89. The Labute approximate surface area is 211 Å². The van der Waals surface area contributed by atoms with Crippen LogP contribution in [0.3, 0.4) is 0 Å². The van der Waals surface area contributed by atoms with Gasteiger partial charge in [0.25, 0.3) is 0 Å². The molecule has 0 fully saturated rings. The molecule has 176 valence electrons. The summed E-state index contributed by atoms with van der Waals surface area (Å²) in [6.45, 7) is 0.126. The van der Waals surface area contributed by atoms with E-state index in [1.807, 2.05) is 83.6 Å². The first-order chi connectivity index (χ1) is 17.0. The van der Waals surface area contributed by atoms with Crippen LogP contribution in [0.4, 0.5) is 4.79 Å². The van der Waals surface area contributed by atoms with E-state index in [2.05, 4.69) is 33.4 Å². The highest BCUT2D eigenvalue weighted by molar-refractivity contribution is 9.10. The van der Waals surface area contributed by atoms with Crippen molar-refractivity contribution in [3.63, 3.8) is 0 Å². The number of amides is 1. The number of nitrogens with zero attached hydrogens (tertiary/aromatic N) is 1. The van der Waals surface area contributed by atoms with Crippen molar-refractivity contribution in [2.45, 2.75) is 18.4 Å². The largest absolute Gasteiger partial charge is 0.480 e. The standard InChI is InChI=1S/C28H23BrN2O4/c29-18-11-13-19(14-12-18)31-15-5-6-20(31)16-26(27(32)33)30-28(34)35-17-25-23-9-3-1-7-21(23)22-8-2-4-10-24(22)25/h1-15,25-26H,16-17H2,(H,30,34)(H,32,33). The highest BCUT2D eigenvalue weighted by Gasteiger charge is 2.30. The molecule has 5 rings (SSSR count). The van der Waals surface area contributed by atoms with Crippen LogP contribution in [0.5, 0.6) is 0 Å². The third-order valence-corrected chi connectivity index (χ3v) is 6.81. The predicted molar refractivity (Wildman–Crippen MR) is 137 cm³/mol. The van der Waals surface area contributed by atoms with Crippen molar-refractivity contribution in [1.29, 1.82) is 0 Å². The molecule has 3 aromatic carbocycles. The normalized spacial score (nSPS) is 13.1. The third-order valence-electron chi connectivity index (χ3n) is 6.29. The average Bonchev–Trinajstić information content (AvgIpc) is 3.45. The predicted octanol–water partition coefficient (Wildman–Crippen LogP) is 5.77. The average molecular weight is 531 g/mol. The molecule has 1 unspecified atom stereocenters. The second-order valence-corrected chi connectivity index (χ2v) is 9.33. The maximum absolute atomic E-state index is 12.7. The minimum absolute atomic E-state index is 0.0916. The van der Waals surface area contributed by atoms with Gasteiger partial charge in [-0.2, -0.15) is 0 Å². The summed E-state index contributed by atoms with van der Waals surface area (Å²) in [6.07, 6.45) is 1.23. The van der Waals surface area contributed by atoms with Gasteiger partial charge in [-0.25, -0.2) is 9.59 Å². The number of aromatic nitrogens is 1. The quantitative estimate of drug-likeness (QED) is 0.317. The number of halogens is 1. The summed E-state index contributed by atoms with van der Waals surface area (Å²) in [5.74, 6) is -1.21. The maximum atomic E-state index is 12.7. The zero-order valence-electron chi connectivity index (χ0n) is 18.7. The third kappa shape index (κ3) is 4.72. The van der Waals surface area contributed by atoms with Gasteiger partial charge in [-0.3, -0.25) is 0 Å². The number of nitrogens with one attached hydrogen (secondary N) is 1. The molecule has 0 saturated heterocycles. The van der Waals surface area contributed by atoms with Gasteiger partial charge in [0.05, 0.1) is 0 Å². The van der Waals surface area contributed by atoms with Gasteiger partial charge < -0.3 is 19.7 Å². The van der Waals surface area contributed by atoms with Crippen molar-refractivity contribution in [3.05, 3.63) is 112 Å². The maximum Gasteiger partial charge on any atom is 0.407 e. The number of aliphatic carboxylic acids is 1. The van der Waals surface area contributed by atoms with E-state index >= 15 is 0 Å². The Morgan fingerprint density at radius 1 is 0.914 bits per heavy atom. The number of carboxylic acids is 1. The van der Waals surface area contributed by atoms with Crippen LogP contribution in [-0.2, 0) is 16.0 Å². The van der Waals surface area contributed by atoms with Crippen molar-refractivity contribution >= 4 is 28.0 Å². The number of hydrogen-bond donors (Lipinski definition) is 2. The van der Waals surface area contributed by atoms with E-state index in [1.165, 1.54) is 0 Å². The second kappa shape index (κ2) is 9.80. The molecular weight excluding hydrogens is 508 g/mol. The monoisotopic (exact) mass is 530 g/mol. The fraction of sp³-hybridized carbons (Fsp3) is 0.143. The molecule has 2 N–H and O–H groups in total. The van der Waals surface area contributed by atoms with Crippen LogP contribution >= 0.6 is 15.9 Å². The van der Waals surface area contributed by atoms with Gasteiger partial charge >= 0.3 is 12.1 Å². The highest BCUT2D eigenvalue weighted by atomic mass is 79.9. The summed E-state index contributed by atoms with van der Waals surface area (Å²) < 4.78 is 8.40. The Kier molecular flexibility index (Phi) is 6.42. The van der Waals surface area contributed by atoms with Crippen molar-refractivity contribution < 1.29 is 19.4 Å². The van der Waals surface area contributed by atoms with Gasteiger partial charge in [-0.05, 0) is 58.7 Å². The number of carbonyl (C=O) groups is 2. The van der Waals surface area contributed by atoms with Crippen LogP contribution in [-0.4, -0.2) is 34.4 Å². The Balaban J connectivity index is 1.27. The first-order valence-electron chi connectivity index (χ1n) is 11.3. The molecule has 35 heavy (non-hydrogen) atoms. The van der Waals surface area contributed by atoms with Gasteiger partial charge in [0.2, 0.25) is 0 Å². The summed E-state index contributed by atoms with van der Waals surface area (Å²) in [5.41, 5.74) is 6.13. The zero-order chi connectivity index (χ0) is 24.4. The lowest BCUT2D eigenvalue weighted by Gasteiger charge is -2.18. The topological polar surface area (TPSA) is 80.6 Å². The molecule has 1 aliphatic carbocycles. The van der Waals surface area contributed by atoms with Crippen LogP contribution < -0.4 is 5.32 Å². The van der Waals surface area contributed by atoms with Crippen molar-refractivity contribution in [2.75, 3.05) is 6.61 Å². The Hall–Kier alpha value is -3.84. The van der Waals surface area contributed by atoms with Crippen LogP contribution in [0.1, 0.15) is 22.7 Å². The molecule has 7 heteroatoms. The van der Waals surface area contributed by atoms with Crippen molar-refractivity contribution in [1.82, 2.24) is 9.88 Å². The van der Waals surface area contributed by atoms with E-state index in [1.54, 1.807) is 0 Å². The van der Waals surface area contributed by atoms with Crippen molar-refractivity contribution in [3.8, 4) is 16.8 Å². The Morgan fingerprint density at radius 2 is 1.54 bits per heavy atom. The molecular formula is C28H23BrN2O4. The number of benzene rings is 3. The SMILES string of the molecule is O=C(NC(Cc1cccn1-c1ccc(Br)cc1)C(=O)O)OCC1c2ccccc2-c2ccccc21. The molecule has 0 aliphatic heterocycles. The van der Waals surface area contributed by atoms with Gasteiger partial charge in [-0.1, -0.05) is 64.5 Å². The van der Waals surface area contributed by atoms with Gasteiger partial charge in [-0.15, -0.1) is 0 Å². The lowest BCUT2D eigenvalue weighted by Crippen LogP contribution is -2.43. The summed E-state index contributed by atoms with van der Waals surface area (Å²) in [4.78, 5) is 24.6. The Morgan fingerprint density at radius 3 is 2.17 bits per heavy atom. The number of carbonyl (C=O) groups excluding carboxylic acids is 1. The number of alkyl carbamates (subject to hydrolysis) is 1.